The van der Waals surface area contributed by atoms with Crippen LogP contribution in [0.4, 0.5) is 10.5 Å². The molecule has 0 radical (unpaired) electrons. The molecule has 31 heavy (non-hydrogen) atoms. The van der Waals surface area contributed by atoms with Gasteiger partial charge in [-0.15, -0.1) is 0 Å². The lowest BCUT2D eigenvalue weighted by Gasteiger charge is -2.14. The van der Waals surface area contributed by atoms with E-state index in [2.05, 4.69) is 47.7 Å². The van der Waals surface area contributed by atoms with Crippen LogP contribution in [0.2, 0.25) is 0 Å². The molecule has 160 valence electrons. The Balaban J connectivity index is 1.66. The Kier molecular flexibility index (Phi) is 8.49. The van der Waals surface area contributed by atoms with Crippen LogP contribution in [0.3, 0.4) is 0 Å². The lowest BCUT2D eigenvalue weighted by Crippen LogP contribution is -2.24. The first-order valence-corrected chi connectivity index (χ1v) is 11.1. The Morgan fingerprint density at radius 2 is 1.71 bits per heavy atom. The maximum atomic E-state index is 12.0. The summed E-state index contributed by atoms with van der Waals surface area (Å²) in [7, 11) is 0. The molecule has 0 unspecified atom stereocenters. The molecule has 8 heteroatoms. The first kappa shape index (κ1) is 22.8. The van der Waals surface area contributed by atoms with Gasteiger partial charge in [-0.1, -0.05) is 46.3 Å². The Morgan fingerprint density at radius 1 is 1.00 bits per heavy atom. The van der Waals surface area contributed by atoms with E-state index in [0.29, 0.717) is 30.4 Å². The number of rotatable bonds is 8. The molecule has 0 aromatic heterocycles. The number of para-hydroxylation sites is 1. The number of hydrogen-bond acceptors (Lipinski definition) is 4. The lowest BCUT2D eigenvalue weighted by atomic mass is 10.2. The van der Waals surface area contributed by atoms with E-state index in [1.54, 1.807) is 12.1 Å². The molecule has 0 saturated heterocycles. The van der Waals surface area contributed by atoms with Crippen LogP contribution in [0.15, 0.2) is 80.8 Å². The molecular formula is C23H21Br2N3O3. The number of anilines is 1. The van der Waals surface area contributed by atoms with Gasteiger partial charge in [0, 0.05) is 20.2 Å². The minimum absolute atomic E-state index is 0.411. The van der Waals surface area contributed by atoms with Gasteiger partial charge in [0.1, 0.15) is 6.61 Å². The monoisotopic (exact) mass is 545 g/mol. The van der Waals surface area contributed by atoms with Gasteiger partial charge in [-0.25, -0.2) is 10.2 Å². The summed E-state index contributed by atoms with van der Waals surface area (Å²) in [6.45, 7) is 2.81. The molecule has 2 N–H and O–H groups in total. The molecule has 0 fully saturated rings. The Hall–Kier alpha value is -2.84. The highest BCUT2D eigenvalue weighted by Crippen LogP contribution is 2.34. The van der Waals surface area contributed by atoms with Crippen LogP contribution in [0, 0.1) is 0 Å². The van der Waals surface area contributed by atoms with Gasteiger partial charge in [0.05, 0.1) is 12.8 Å². The van der Waals surface area contributed by atoms with Crippen LogP contribution >= 0.6 is 31.9 Å². The second kappa shape index (κ2) is 11.5. The van der Waals surface area contributed by atoms with Crippen molar-refractivity contribution in [1.29, 1.82) is 0 Å². The molecule has 0 atom stereocenters. The predicted octanol–water partition coefficient (Wildman–Crippen LogP) is 6.34. The summed E-state index contributed by atoms with van der Waals surface area (Å²) < 4.78 is 13.5. The fourth-order valence-electron chi connectivity index (χ4n) is 2.61. The molecule has 3 aromatic rings. The van der Waals surface area contributed by atoms with E-state index >= 15 is 0 Å². The van der Waals surface area contributed by atoms with Crippen LogP contribution < -0.4 is 20.2 Å². The highest BCUT2D eigenvalue weighted by Gasteiger charge is 2.11. The van der Waals surface area contributed by atoms with E-state index in [-0.39, 0.29) is 0 Å². The Bertz CT molecular complexity index is 1040. The van der Waals surface area contributed by atoms with Crippen molar-refractivity contribution in [1.82, 2.24) is 5.43 Å². The average Bonchev–Trinajstić information content (AvgIpc) is 2.76. The molecule has 6 nitrogen and oxygen atoms in total. The standard InChI is InChI=1S/C23H21Br2N3O3/c1-2-30-21-12-17(14-26-28-23(29)27-19-6-4-3-5-7-19)20(25)13-22(21)31-15-16-8-10-18(24)11-9-16/h3-14H,2,15H2,1H3,(H2,27,28,29)/b26-14-. The predicted molar refractivity (Wildman–Crippen MR) is 130 cm³/mol. The number of carbonyl (C=O) groups excluding carboxylic acids is 1. The molecule has 0 heterocycles. The van der Waals surface area contributed by atoms with Crippen LogP contribution in [-0.2, 0) is 6.61 Å². The molecule has 3 aromatic carbocycles. The number of halogens is 2. The molecule has 0 aliphatic heterocycles. The van der Waals surface area contributed by atoms with Crippen LogP contribution in [0.5, 0.6) is 11.5 Å². The van der Waals surface area contributed by atoms with Gasteiger partial charge in [0.25, 0.3) is 0 Å². The van der Waals surface area contributed by atoms with Gasteiger partial charge in [-0.3, -0.25) is 0 Å². The van der Waals surface area contributed by atoms with E-state index in [9.17, 15) is 4.79 Å². The number of hydrazone groups is 1. The molecule has 2 amide bonds. The average molecular weight is 547 g/mol. The maximum absolute atomic E-state index is 12.0. The van der Waals surface area contributed by atoms with Crippen molar-refractivity contribution in [3.8, 4) is 11.5 Å². The van der Waals surface area contributed by atoms with Gasteiger partial charge in [0.2, 0.25) is 0 Å². The third kappa shape index (κ3) is 7.11. The summed E-state index contributed by atoms with van der Waals surface area (Å²) in [6.07, 6.45) is 1.54. The molecule has 0 bridgehead atoms. The minimum Gasteiger partial charge on any atom is -0.490 e. The third-order valence-electron chi connectivity index (χ3n) is 4.07. The number of hydrogen-bond donors (Lipinski definition) is 2. The van der Waals surface area contributed by atoms with Crippen molar-refractivity contribution < 1.29 is 14.3 Å². The van der Waals surface area contributed by atoms with E-state index < -0.39 is 6.03 Å². The number of ether oxygens (including phenoxy) is 2. The van der Waals surface area contributed by atoms with E-state index in [1.165, 1.54) is 6.21 Å². The van der Waals surface area contributed by atoms with Gasteiger partial charge in [0.15, 0.2) is 11.5 Å². The number of amides is 2. The van der Waals surface area contributed by atoms with Crippen molar-refractivity contribution in [3.05, 3.63) is 86.8 Å². The zero-order chi connectivity index (χ0) is 22.1. The maximum Gasteiger partial charge on any atom is 0.339 e. The van der Waals surface area contributed by atoms with Gasteiger partial charge in [-0.05, 0) is 64.8 Å². The smallest absolute Gasteiger partial charge is 0.339 e. The Labute approximate surface area is 197 Å². The van der Waals surface area contributed by atoms with Crippen LogP contribution in [0.25, 0.3) is 0 Å². The van der Waals surface area contributed by atoms with Gasteiger partial charge in [-0.2, -0.15) is 5.10 Å². The number of nitrogens with one attached hydrogen (secondary N) is 2. The number of carbonyl (C=O) groups is 1. The first-order valence-electron chi connectivity index (χ1n) is 9.54. The van der Waals surface area contributed by atoms with Crippen molar-refractivity contribution in [2.75, 3.05) is 11.9 Å². The first-order chi connectivity index (χ1) is 15.0. The zero-order valence-electron chi connectivity index (χ0n) is 16.8. The zero-order valence-corrected chi connectivity index (χ0v) is 19.9. The van der Waals surface area contributed by atoms with Crippen LogP contribution in [-0.4, -0.2) is 18.9 Å². The largest absolute Gasteiger partial charge is 0.490 e. The van der Waals surface area contributed by atoms with Gasteiger partial charge < -0.3 is 14.8 Å². The van der Waals surface area contributed by atoms with Gasteiger partial charge >= 0.3 is 6.03 Å². The van der Waals surface area contributed by atoms with Crippen molar-refractivity contribution in [3.63, 3.8) is 0 Å². The highest BCUT2D eigenvalue weighted by molar-refractivity contribution is 9.10. The molecule has 0 spiro atoms. The summed E-state index contributed by atoms with van der Waals surface area (Å²) in [5, 5.41) is 6.71. The lowest BCUT2D eigenvalue weighted by molar-refractivity contribution is 0.252. The molecule has 0 aliphatic carbocycles. The quantitative estimate of drug-likeness (QED) is 0.255. The number of nitrogens with zero attached hydrogens (tertiary/aromatic N) is 1. The Morgan fingerprint density at radius 3 is 2.42 bits per heavy atom. The third-order valence-corrected chi connectivity index (χ3v) is 5.29. The fourth-order valence-corrected chi connectivity index (χ4v) is 3.30. The second-order valence-corrected chi connectivity index (χ2v) is 8.13. The van der Waals surface area contributed by atoms with E-state index in [0.717, 1.165) is 20.1 Å². The molecule has 0 saturated carbocycles. The second-order valence-electron chi connectivity index (χ2n) is 6.36. The van der Waals surface area contributed by atoms with Crippen molar-refractivity contribution in [2.24, 2.45) is 5.10 Å². The SMILES string of the molecule is CCOc1cc(/C=N\NC(=O)Nc2ccccc2)c(Br)cc1OCc1ccc(Br)cc1. The number of urea groups is 1. The van der Waals surface area contributed by atoms with Crippen LogP contribution in [0.1, 0.15) is 18.1 Å². The van der Waals surface area contributed by atoms with Crippen molar-refractivity contribution >= 4 is 49.8 Å². The summed E-state index contributed by atoms with van der Waals surface area (Å²) >= 11 is 6.96. The fraction of sp³-hybridized carbons (Fsp3) is 0.130. The summed E-state index contributed by atoms with van der Waals surface area (Å²) in [5.41, 5.74) is 4.91. The molecular weight excluding hydrogens is 526 g/mol. The summed E-state index contributed by atoms with van der Waals surface area (Å²) in [4.78, 5) is 12.0. The molecule has 0 aliphatic rings. The number of benzene rings is 3. The van der Waals surface area contributed by atoms with E-state index in [4.69, 9.17) is 9.47 Å². The van der Waals surface area contributed by atoms with E-state index in [1.807, 2.05) is 61.5 Å². The van der Waals surface area contributed by atoms with Crippen molar-refractivity contribution in [2.45, 2.75) is 13.5 Å². The summed E-state index contributed by atoms with van der Waals surface area (Å²) in [5.74, 6) is 1.21. The topological polar surface area (TPSA) is 72.0 Å². The molecule has 3 rings (SSSR count). The summed E-state index contributed by atoms with van der Waals surface area (Å²) in [6, 6.07) is 20.3. The normalized spacial score (nSPS) is 10.7. The highest BCUT2D eigenvalue weighted by atomic mass is 79.9. The minimum atomic E-state index is -0.432.